The predicted octanol–water partition coefficient (Wildman–Crippen LogP) is 23.7. The molecule has 0 aromatic carbocycles. The summed E-state index contributed by atoms with van der Waals surface area (Å²) in [5, 5.41) is 0. The molecule has 6 nitrogen and oxygen atoms in total. The van der Waals surface area contributed by atoms with E-state index in [1.807, 2.05) is 0 Å². The Balaban J connectivity index is 4.27. The number of allylic oxidation sites excluding steroid dienone is 12. The number of rotatable bonds is 63. The smallest absolute Gasteiger partial charge is 0.306 e. The fourth-order valence-electron chi connectivity index (χ4n) is 10.1. The van der Waals surface area contributed by atoms with Gasteiger partial charge in [-0.25, -0.2) is 0 Å². The summed E-state index contributed by atoms with van der Waals surface area (Å²) in [6.07, 6.45) is 88.0. The molecule has 0 saturated carbocycles. The van der Waals surface area contributed by atoms with Gasteiger partial charge in [-0.05, 0) is 83.5 Å². The van der Waals surface area contributed by atoms with Crippen LogP contribution in [-0.2, 0) is 28.6 Å². The highest BCUT2D eigenvalue weighted by Gasteiger charge is 2.19. The van der Waals surface area contributed by atoms with E-state index in [0.717, 1.165) is 77.0 Å². The molecule has 0 radical (unpaired) electrons. The molecule has 0 aliphatic rings. The van der Waals surface area contributed by atoms with Crippen molar-refractivity contribution in [1.82, 2.24) is 0 Å². The molecule has 1 unspecified atom stereocenters. The van der Waals surface area contributed by atoms with E-state index < -0.39 is 6.10 Å². The lowest BCUT2D eigenvalue weighted by Crippen LogP contribution is -2.30. The van der Waals surface area contributed by atoms with Crippen LogP contribution in [0.25, 0.3) is 0 Å². The van der Waals surface area contributed by atoms with E-state index in [2.05, 4.69) is 93.7 Å². The number of carbonyl (C=O) groups is 3. The van der Waals surface area contributed by atoms with Gasteiger partial charge in [0.2, 0.25) is 0 Å². The molecule has 0 saturated heterocycles. The third-order valence-corrected chi connectivity index (χ3v) is 15.2. The Morgan fingerprint density at radius 2 is 0.506 bits per heavy atom. The first-order valence-electron chi connectivity index (χ1n) is 34.4. The van der Waals surface area contributed by atoms with Crippen LogP contribution in [0, 0.1) is 0 Å². The minimum Gasteiger partial charge on any atom is -0.462 e. The Morgan fingerprint density at radius 3 is 0.823 bits per heavy atom. The monoisotopic (exact) mass is 1100 g/mol. The van der Waals surface area contributed by atoms with Gasteiger partial charge in [-0.2, -0.15) is 0 Å². The van der Waals surface area contributed by atoms with Gasteiger partial charge in [-0.15, -0.1) is 0 Å². The molecule has 0 fully saturated rings. The fourth-order valence-corrected chi connectivity index (χ4v) is 10.1. The highest BCUT2D eigenvalue weighted by molar-refractivity contribution is 5.71. The molecular formula is C73H130O6. The van der Waals surface area contributed by atoms with Crippen LogP contribution < -0.4 is 0 Å². The molecule has 0 heterocycles. The second-order valence-electron chi connectivity index (χ2n) is 23.1. The predicted molar refractivity (Wildman–Crippen MR) is 344 cm³/mol. The van der Waals surface area contributed by atoms with Crippen LogP contribution in [0.2, 0.25) is 0 Å². The second-order valence-corrected chi connectivity index (χ2v) is 23.1. The van der Waals surface area contributed by atoms with Crippen molar-refractivity contribution in [2.45, 2.75) is 361 Å². The van der Waals surface area contributed by atoms with Gasteiger partial charge < -0.3 is 14.2 Å². The Hall–Kier alpha value is -3.15. The second kappa shape index (κ2) is 67.4. The van der Waals surface area contributed by atoms with Crippen molar-refractivity contribution in [2.75, 3.05) is 13.2 Å². The molecule has 0 aromatic rings. The number of hydrogen-bond donors (Lipinski definition) is 0. The van der Waals surface area contributed by atoms with Gasteiger partial charge in [0.1, 0.15) is 13.2 Å². The van der Waals surface area contributed by atoms with E-state index in [1.165, 1.54) is 231 Å². The average molecular weight is 1100 g/mol. The minimum atomic E-state index is -0.804. The van der Waals surface area contributed by atoms with Crippen molar-refractivity contribution in [3.63, 3.8) is 0 Å². The van der Waals surface area contributed by atoms with Crippen LogP contribution in [0.15, 0.2) is 72.9 Å². The lowest BCUT2D eigenvalue weighted by molar-refractivity contribution is -0.167. The molecular weight excluding hydrogens is 973 g/mol. The zero-order valence-corrected chi connectivity index (χ0v) is 52.6. The third kappa shape index (κ3) is 65.5. The van der Waals surface area contributed by atoms with Crippen molar-refractivity contribution in [3.05, 3.63) is 72.9 Å². The fraction of sp³-hybridized carbons (Fsp3) is 0.795. The van der Waals surface area contributed by atoms with Gasteiger partial charge >= 0.3 is 17.9 Å². The van der Waals surface area contributed by atoms with Crippen LogP contribution in [0.4, 0.5) is 0 Å². The van der Waals surface area contributed by atoms with E-state index in [1.54, 1.807) is 0 Å². The molecule has 1 atom stereocenters. The first-order chi connectivity index (χ1) is 39.0. The quantitative estimate of drug-likeness (QED) is 0.0261. The molecule has 0 amide bonds. The highest BCUT2D eigenvalue weighted by Crippen LogP contribution is 2.18. The molecule has 0 N–H and O–H groups in total. The molecule has 0 aliphatic heterocycles. The van der Waals surface area contributed by atoms with E-state index >= 15 is 0 Å². The van der Waals surface area contributed by atoms with Crippen molar-refractivity contribution in [1.29, 1.82) is 0 Å². The van der Waals surface area contributed by atoms with Crippen molar-refractivity contribution < 1.29 is 28.6 Å². The van der Waals surface area contributed by atoms with Gasteiger partial charge in [0.15, 0.2) is 6.10 Å². The SMILES string of the molecule is CC/C=C\C/C=C\C/C=C\C/C=C\C/C=C\CCCC(=O)OC(COC(=O)CCCCCCCCCCCCCCCCC)COC(=O)CCCCCCCCCCCCCCCCCCC/C=C\CCCCCCCCCC. The first-order valence-corrected chi connectivity index (χ1v) is 34.4. The summed E-state index contributed by atoms with van der Waals surface area (Å²) in [4.78, 5) is 38.3. The summed E-state index contributed by atoms with van der Waals surface area (Å²) in [5.74, 6) is -0.933. The Morgan fingerprint density at radius 1 is 0.266 bits per heavy atom. The summed E-state index contributed by atoms with van der Waals surface area (Å²) in [6, 6.07) is 0. The highest BCUT2D eigenvalue weighted by atomic mass is 16.6. The summed E-state index contributed by atoms with van der Waals surface area (Å²) in [6.45, 7) is 6.53. The molecule has 79 heavy (non-hydrogen) atoms. The molecule has 458 valence electrons. The van der Waals surface area contributed by atoms with Crippen LogP contribution in [0.5, 0.6) is 0 Å². The zero-order chi connectivity index (χ0) is 57.1. The van der Waals surface area contributed by atoms with Crippen LogP contribution >= 0.6 is 0 Å². The molecule has 0 rings (SSSR count). The maximum absolute atomic E-state index is 12.9. The largest absolute Gasteiger partial charge is 0.462 e. The normalized spacial score (nSPS) is 12.5. The molecule has 0 aromatic heterocycles. The molecule has 0 bridgehead atoms. The van der Waals surface area contributed by atoms with Gasteiger partial charge in [0.25, 0.3) is 0 Å². The molecule has 6 heteroatoms. The van der Waals surface area contributed by atoms with E-state index in [0.29, 0.717) is 19.3 Å². The number of ether oxygens (including phenoxy) is 3. The van der Waals surface area contributed by atoms with Gasteiger partial charge in [0.05, 0.1) is 0 Å². The maximum Gasteiger partial charge on any atom is 0.306 e. The zero-order valence-electron chi connectivity index (χ0n) is 52.6. The van der Waals surface area contributed by atoms with Crippen LogP contribution in [0.1, 0.15) is 355 Å². The van der Waals surface area contributed by atoms with E-state index in [4.69, 9.17) is 14.2 Å². The van der Waals surface area contributed by atoms with E-state index in [9.17, 15) is 14.4 Å². The van der Waals surface area contributed by atoms with Gasteiger partial charge in [-0.1, -0.05) is 325 Å². The first kappa shape index (κ1) is 75.8. The Kier molecular flexibility index (Phi) is 64.7. The Labute approximate surface area is 491 Å². The summed E-state index contributed by atoms with van der Waals surface area (Å²) >= 11 is 0. The maximum atomic E-state index is 12.9. The Bertz CT molecular complexity index is 1450. The number of carbonyl (C=O) groups excluding carboxylic acids is 3. The third-order valence-electron chi connectivity index (χ3n) is 15.2. The van der Waals surface area contributed by atoms with Gasteiger partial charge in [0, 0.05) is 19.3 Å². The number of unbranched alkanes of at least 4 members (excludes halogenated alkanes) is 40. The van der Waals surface area contributed by atoms with Crippen LogP contribution in [0.3, 0.4) is 0 Å². The topological polar surface area (TPSA) is 78.9 Å². The van der Waals surface area contributed by atoms with Crippen molar-refractivity contribution >= 4 is 17.9 Å². The lowest BCUT2D eigenvalue weighted by Gasteiger charge is -2.18. The average Bonchev–Trinajstić information content (AvgIpc) is 3.45. The molecule has 0 aliphatic carbocycles. The number of esters is 3. The van der Waals surface area contributed by atoms with Crippen molar-refractivity contribution in [2.24, 2.45) is 0 Å². The minimum absolute atomic E-state index is 0.0938. The summed E-state index contributed by atoms with van der Waals surface area (Å²) in [5.41, 5.74) is 0. The summed E-state index contributed by atoms with van der Waals surface area (Å²) < 4.78 is 16.9. The summed E-state index contributed by atoms with van der Waals surface area (Å²) in [7, 11) is 0. The van der Waals surface area contributed by atoms with Crippen LogP contribution in [-0.4, -0.2) is 37.2 Å². The van der Waals surface area contributed by atoms with Crippen molar-refractivity contribution in [3.8, 4) is 0 Å². The van der Waals surface area contributed by atoms with E-state index in [-0.39, 0.29) is 37.5 Å². The molecule has 0 spiro atoms. The number of hydrogen-bond acceptors (Lipinski definition) is 6. The van der Waals surface area contributed by atoms with Gasteiger partial charge in [-0.3, -0.25) is 14.4 Å². The standard InChI is InChI=1S/C73H130O6/c1-4-7-10-13-16-19-22-25-28-30-31-32-33-34-35-36-37-38-39-40-41-43-45-48-51-54-57-60-63-66-72(75)78-69-70(68-77-71(74)65-62-59-56-53-50-47-44-27-24-21-18-15-12-9-6-3)79-73(76)67-64-61-58-55-52-49-46-42-29-26-23-20-17-14-11-8-5-2/h8,11,17,20,26,29-31,46,49,55,58,70H,4-7,9-10,12-16,18-19,21-25,27-28,32-45,47-48,50-54,56-57,59-69H2,1-3H3/b11-8-,20-17-,29-26-,31-30-,49-46-,58-55-. The lowest BCUT2D eigenvalue weighted by atomic mass is 10.0.